The molecule has 0 aliphatic carbocycles. The fraction of sp³-hybridized carbons (Fsp3) is 0.316. The van der Waals surface area contributed by atoms with Crippen LogP contribution in [0.3, 0.4) is 0 Å². The van der Waals surface area contributed by atoms with Gasteiger partial charge in [-0.15, -0.1) is 0 Å². The minimum absolute atomic E-state index is 0.134. The third kappa shape index (κ3) is 6.97. The van der Waals surface area contributed by atoms with Crippen LogP contribution in [0.5, 0.6) is 0 Å². The van der Waals surface area contributed by atoms with E-state index in [9.17, 15) is 29.1 Å². The van der Waals surface area contributed by atoms with Gasteiger partial charge in [-0.3, -0.25) is 24.1 Å². The van der Waals surface area contributed by atoms with Gasteiger partial charge in [0.05, 0.1) is 6.54 Å². The van der Waals surface area contributed by atoms with Gasteiger partial charge < -0.3 is 15.7 Å². The highest BCUT2D eigenvalue weighted by Gasteiger charge is 2.24. The second kappa shape index (κ2) is 10.7. The Morgan fingerprint density at radius 3 is 2.41 bits per heavy atom. The maximum atomic E-state index is 12.0. The van der Waals surface area contributed by atoms with Gasteiger partial charge in [0.15, 0.2) is 0 Å². The first-order chi connectivity index (χ1) is 13.8. The van der Waals surface area contributed by atoms with Gasteiger partial charge in [0.25, 0.3) is 17.7 Å². The zero-order valence-corrected chi connectivity index (χ0v) is 17.5. The summed E-state index contributed by atoms with van der Waals surface area (Å²) in [4.78, 5) is 59.4. The maximum Gasteiger partial charge on any atom is 0.326 e. The van der Waals surface area contributed by atoms with Crippen LogP contribution in [0.2, 0.25) is 0 Å². The first-order valence-electron chi connectivity index (χ1n) is 8.87. The van der Waals surface area contributed by atoms with E-state index >= 15 is 0 Å². The van der Waals surface area contributed by atoms with Gasteiger partial charge in [-0.25, -0.2) is 4.79 Å². The molecule has 0 saturated heterocycles. The van der Waals surface area contributed by atoms with Crippen molar-refractivity contribution in [3.05, 3.63) is 45.6 Å². The van der Waals surface area contributed by atoms with Gasteiger partial charge in [-0.05, 0) is 60.1 Å². The number of rotatable bonds is 10. The van der Waals surface area contributed by atoms with Crippen LogP contribution in [0.1, 0.15) is 29.6 Å². The molecular weight excluding hydrogens is 493 g/mol. The minimum Gasteiger partial charge on any atom is -0.480 e. The SMILES string of the molecule is O=C(CNC(=O)c1cccc(I)c1)N[C@@H](CCCCN1C(=O)C=CC1=O)C(=O)O. The van der Waals surface area contributed by atoms with Gasteiger partial charge in [-0.1, -0.05) is 6.07 Å². The molecule has 154 valence electrons. The average molecular weight is 513 g/mol. The number of nitrogens with one attached hydrogen (secondary N) is 2. The Bertz CT molecular complexity index is 836. The van der Waals surface area contributed by atoms with Crippen molar-refractivity contribution in [2.24, 2.45) is 0 Å². The lowest BCUT2D eigenvalue weighted by atomic mass is 10.1. The molecule has 9 nitrogen and oxygen atoms in total. The Hall–Kier alpha value is -2.76. The van der Waals surface area contributed by atoms with Crippen LogP contribution in [0, 0.1) is 3.57 Å². The summed E-state index contributed by atoms with van der Waals surface area (Å²) in [6.45, 7) is -0.159. The summed E-state index contributed by atoms with van der Waals surface area (Å²) in [7, 11) is 0. The predicted molar refractivity (Wildman–Crippen MR) is 111 cm³/mol. The summed E-state index contributed by atoms with van der Waals surface area (Å²) in [5.74, 6) is -3.02. The molecule has 29 heavy (non-hydrogen) atoms. The molecule has 2 rings (SSSR count). The fourth-order valence-corrected chi connectivity index (χ4v) is 3.21. The molecule has 1 aliphatic rings. The number of hydrogen-bond acceptors (Lipinski definition) is 5. The molecule has 0 spiro atoms. The smallest absolute Gasteiger partial charge is 0.326 e. The van der Waals surface area contributed by atoms with Crippen molar-refractivity contribution < 1.29 is 29.1 Å². The number of hydrogen-bond donors (Lipinski definition) is 3. The largest absolute Gasteiger partial charge is 0.480 e. The zero-order valence-electron chi connectivity index (χ0n) is 15.4. The van der Waals surface area contributed by atoms with E-state index in [1.807, 2.05) is 6.07 Å². The van der Waals surface area contributed by atoms with E-state index < -0.39 is 23.8 Å². The number of imide groups is 1. The molecular formula is C19H20IN3O6. The Morgan fingerprint density at radius 1 is 1.10 bits per heavy atom. The normalized spacial score (nSPS) is 14.0. The van der Waals surface area contributed by atoms with Crippen molar-refractivity contribution in [2.45, 2.75) is 25.3 Å². The second-order valence-corrected chi connectivity index (χ2v) is 7.55. The van der Waals surface area contributed by atoms with Crippen LogP contribution >= 0.6 is 22.6 Å². The number of aliphatic carboxylic acids is 1. The van der Waals surface area contributed by atoms with E-state index in [0.717, 1.165) is 8.47 Å². The van der Waals surface area contributed by atoms with Crippen LogP contribution in [0.4, 0.5) is 0 Å². The maximum absolute atomic E-state index is 12.0. The number of carbonyl (C=O) groups excluding carboxylic acids is 4. The number of carboxylic acids is 1. The minimum atomic E-state index is -1.20. The molecule has 1 atom stereocenters. The lowest BCUT2D eigenvalue weighted by Crippen LogP contribution is -2.45. The van der Waals surface area contributed by atoms with Crippen molar-refractivity contribution >= 4 is 52.2 Å². The quantitative estimate of drug-likeness (QED) is 0.240. The van der Waals surface area contributed by atoms with Crippen molar-refractivity contribution in [2.75, 3.05) is 13.1 Å². The van der Waals surface area contributed by atoms with E-state index in [2.05, 4.69) is 33.2 Å². The van der Waals surface area contributed by atoms with Crippen molar-refractivity contribution in [1.29, 1.82) is 0 Å². The first kappa shape index (κ1) is 22.5. The average Bonchev–Trinajstić information content (AvgIpc) is 3.00. The number of amides is 4. The third-order valence-corrected chi connectivity index (χ3v) is 4.83. The third-order valence-electron chi connectivity index (χ3n) is 4.15. The lowest BCUT2D eigenvalue weighted by molar-refractivity contribution is -0.142. The summed E-state index contributed by atoms with van der Waals surface area (Å²) in [6, 6.07) is 5.70. The molecule has 1 aromatic carbocycles. The van der Waals surface area contributed by atoms with Crippen LogP contribution in [-0.4, -0.2) is 58.7 Å². The van der Waals surface area contributed by atoms with Crippen LogP contribution < -0.4 is 10.6 Å². The molecule has 0 fully saturated rings. The highest BCUT2D eigenvalue weighted by Crippen LogP contribution is 2.09. The second-order valence-electron chi connectivity index (χ2n) is 6.31. The molecule has 10 heteroatoms. The number of nitrogens with zero attached hydrogens (tertiary/aromatic N) is 1. The number of carbonyl (C=O) groups is 5. The number of unbranched alkanes of at least 4 members (excludes halogenated alkanes) is 1. The first-order valence-corrected chi connectivity index (χ1v) is 9.95. The van der Waals surface area contributed by atoms with E-state index in [0.29, 0.717) is 18.4 Å². The van der Waals surface area contributed by atoms with Gasteiger partial charge in [-0.2, -0.15) is 0 Å². The molecule has 0 aromatic heterocycles. The Labute approximate surface area is 180 Å². The molecule has 0 unspecified atom stereocenters. The van der Waals surface area contributed by atoms with E-state index in [-0.39, 0.29) is 31.3 Å². The van der Waals surface area contributed by atoms with E-state index in [1.165, 1.54) is 12.2 Å². The van der Waals surface area contributed by atoms with E-state index in [4.69, 9.17) is 0 Å². The topological polar surface area (TPSA) is 133 Å². The summed E-state index contributed by atoms with van der Waals surface area (Å²) in [5.41, 5.74) is 0.403. The van der Waals surface area contributed by atoms with Crippen LogP contribution in [-0.2, 0) is 19.2 Å². The van der Waals surface area contributed by atoms with Gasteiger partial charge >= 0.3 is 5.97 Å². The van der Waals surface area contributed by atoms with Gasteiger partial charge in [0.1, 0.15) is 6.04 Å². The predicted octanol–water partition coefficient (Wildman–Crippen LogP) is 0.686. The standard InChI is InChI=1S/C19H20IN3O6/c20-13-5-3-4-12(10-13)18(27)21-11-15(24)22-14(19(28)29)6-1-2-9-23-16(25)7-8-17(23)26/h3-5,7-8,10,14H,1-2,6,9,11H2,(H,21,27)(H,22,24)(H,28,29)/t14-/m0/s1. The Kier molecular flexibility index (Phi) is 8.31. The summed E-state index contributed by atoms with van der Waals surface area (Å²) in [5, 5.41) is 14.1. The van der Waals surface area contributed by atoms with Crippen molar-refractivity contribution in [1.82, 2.24) is 15.5 Å². The summed E-state index contributed by atoms with van der Waals surface area (Å²) in [6.07, 6.45) is 3.32. The molecule has 4 amide bonds. The monoisotopic (exact) mass is 513 g/mol. The summed E-state index contributed by atoms with van der Waals surface area (Å²) < 4.78 is 0.874. The van der Waals surface area contributed by atoms with Crippen LogP contribution in [0.25, 0.3) is 0 Å². The number of benzene rings is 1. The Morgan fingerprint density at radius 2 is 1.79 bits per heavy atom. The van der Waals surface area contributed by atoms with Gasteiger partial charge in [0.2, 0.25) is 5.91 Å². The van der Waals surface area contributed by atoms with Crippen LogP contribution in [0.15, 0.2) is 36.4 Å². The van der Waals surface area contributed by atoms with Crippen molar-refractivity contribution in [3.63, 3.8) is 0 Å². The highest BCUT2D eigenvalue weighted by molar-refractivity contribution is 14.1. The summed E-state index contributed by atoms with van der Waals surface area (Å²) >= 11 is 2.07. The number of halogens is 1. The van der Waals surface area contributed by atoms with Gasteiger partial charge in [0, 0.05) is 27.8 Å². The molecule has 3 N–H and O–H groups in total. The molecule has 1 heterocycles. The Balaban J connectivity index is 1.73. The molecule has 0 bridgehead atoms. The molecule has 1 aliphatic heterocycles. The molecule has 0 saturated carbocycles. The molecule has 0 radical (unpaired) electrons. The van der Waals surface area contributed by atoms with Crippen molar-refractivity contribution in [3.8, 4) is 0 Å². The zero-order chi connectivity index (χ0) is 21.4. The number of carboxylic acid groups (broad SMARTS) is 1. The highest BCUT2D eigenvalue weighted by atomic mass is 127. The lowest BCUT2D eigenvalue weighted by Gasteiger charge is -2.16. The van der Waals surface area contributed by atoms with E-state index in [1.54, 1.807) is 18.2 Å². The fourth-order valence-electron chi connectivity index (χ4n) is 2.66. The molecule has 1 aromatic rings.